The maximum atomic E-state index is 14.2. The van der Waals surface area contributed by atoms with Crippen molar-refractivity contribution < 1.29 is 22.4 Å². The monoisotopic (exact) mass is 433 g/mol. The summed E-state index contributed by atoms with van der Waals surface area (Å²) in [5.41, 5.74) is -1.02. The van der Waals surface area contributed by atoms with Crippen LogP contribution < -0.4 is 5.32 Å². The van der Waals surface area contributed by atoms with Crippen LogP contribution in [-0.4, -0.2) is 25.7 Å². The molecule has 0 saturated heterocycles. The minimum Gasteiger partial charge on any atom is -0.296 e. The number of halogens is 4. The molecule has 4 rings (SSSR count). The minimum absolute atomic E-state index is 0.149. The summed E-state index contributed by atoms with van der Waals surface area (Å²) < 4.78 is 54.3. The lowest BCUT2D eigenvalue weighted by Gasteiger charge is -2.08. The number of amides is 1. The molecule has 152 valence electrons. The quantitative estimate of drug-likeness (QED) is 0.469. The van der Waals surface area contributed by atoms with Gasteiger partial charge in [-0.05, 0) is 24.3 Å². The summed E-state index contributed by atoms with van der Waals surface area (Å²) in [7, 11) is 0. The normalized spacial score (nSPS) is 11.5. The van der Waals surface area contributed by atoms with Gasteiger partial charge in [0.15, 0.2) is 10.8 Å². The highest BCUT2D eigenvalue weighted by atomic mass is 32.1. The summed E-state index contributed by atoms with van der Waals surface area (Å²) in [4.78, 5) is 21.1. The lowest BCUT2D eigenvalue weighted by atomic mass is 10.3. The van der Waals surface area contributed by atoms with E-state index >= 15 is 0 Å². The highest BCUT2D eigenvalue weighted by Crippen LogP contribution is 2.30. The number of alkyl halides is 3. The van der Waals surface area contributed by atoms with E-state index in [9.17, 15) is 22.4 Å². The Hall–Kier alpha value is -3.60. The Morgan fingerprint density at radius 2 is 1.83 bits per heavy atom. The Labute approximate surface area is 170 Å². The van der Waals surface area contributed by atoms with E-state index in [2.05, 4.69) is 20.4 Å². The van der Waals surface area contributed by atoms with Crippen LogP contribution in [0.5, 0.6) is 0 Å². The van der Waals surface area contributed by atoms with Crippen LogP contribution in [0.25, 0.3) is 17.1 Å². The van der Waals surface area contributed by atoms with E-state index in [1.54, 1.807) is 29.8 Å². The van der Waals surface area contributed by atoms with Crippen molar-refractivity contribution in [3.63, 3.8) is 0 Å². The van der Waals surface area contributed by atoms with E-state index in [1.165, 1.54) is 18.2 Å². The van der Waals surface area contributed by atoms with Gasteiger partial charge in [-0.2, -0.15) is 18.3 Å². The fourth-order valence-electron chi connectivity index (χ4n) is 2.61. The van der Waals surface area contributed by atoms with Crippen LogP contribution in [0.15, 0.2) is 60.1 Å². The van der Waals surface area contributed by atoms with Crippen LogP contribution in [0.2, 0.25) is 0 Å². The summed E-state index contributed by atoms with van der Waals surface area (Å²) in [5, 5.41) is 7.62. The molecule has 3 heterocycles. The molecular formula is C19H11F4N5OS. The molecule has 1 aromatic carbocycles. The number of thiazole rings is 1. The second-order valence-electron chi connectivity index (χ2n) is 5.98. The second kappa shape index (κ2) is 7.67. The van der Waals surface area contributed by atoms with Gasteiger partial charge in [0, 0.05) is 17.6 Å². The van der Waals surface area contributed by atoms with Crippen LogP contribution >= 0.6 is 11.3 Å². The van der Waals surface area contributed by atoms with Gasteiger partial charge < -0.3 is 0 Å². The number of hydrogen-bond donors (Lipinski definition) is 1. The molecule has 0 spiro atoms. The Balaban J connectivity index is 1.68. The van der Waals surface area contributed by atoms with Crippen molar-refractivity contribution in [2.75, 3.05) is 5.32 Å². The molecule has 0 saturated carbocycles. The molecule has 30 heavy (non-hydrogen) atoms. The fourth-order valence-corrected chi connectivity index (χ4v) is 3.31. The number of carbonyl (C=O) groups is 1. The predicted molar refractivity (Wildman–Crippen MR) is 102 cm³/mol. The van der Waals surface area contributed by atoms with Crippen molar-refractivity contribution in [1.29, 1.82) is 0 Å². The van der Waals surface area contributed by atoms with Crippen molar-refractivity contribution in [3.05, 3.63) is 77.3 Å². The number of carbonyl (C=O) groups excluding carboxylic acids is 1. The lowest BCUT2D eigenvalue weighted by Crippen LogP contribution is -2.17. The molecule has 3 aromatic heterocycles. The largest absolute Gasteiger partial charge is 0.435 e. The Morgan fingerprint density at radius 1 is 1.07 bits per heavy atom. The van der Waals surface area contributed by atoms with Crippen molar-refractivity contribution >= 4 is 22.4 Å². The van der Waals surface area contributed by atoms with Crippen molar-refractivity contribution in [1.82, 2.24) is 19.7 Å². The Bertz CT molecular complexity index is 1200. The number of rotatable bonds is 4. The van der Waals surface area contributed by atoms with Crippen molar-refractivity contribution in [2.24, 2.45) is 0 Å². The zero-order valence-corrected chi connectivity index (χ0v) is 15.7. The summed E-state index contributed by atoms with van der Waals surface area (Å²) in [6.45, 7) is 0. The van der Waals surface area contributed by atoms with Crippen molar-refractivity contribution in [2.45, 2.75) is 6.18 Å². The number of hydrogen-bond acceptors (Lipinski definition) is 5. The number of benzene rings is 1. The maximum Gasteiger partial charge on any atom is 0.435 e. The Kier molecular flexibility index (Phi) is 5.04. The molecule has 0 bridgehead atoms. The first kappa shape index (κ1) is 19.7. The number of anilines is 1. The number of nitrogens with one attached hydrogen (secondary N) is 1. The first-order chi connectivity index (χ1) is 14.3. The van der Waals surface area contributed by atoms with Gasteiger partial charge in [-0.25, -0.2) is 14.1 Å². The number of pyridine rings is 1. The van der Waals surface area contributed by atoms with Gasteiger partial charge in [0.2, 0.25) is 0 Å². The number of para-hydroxylation sites is 1. The molecule has 6 nitrogen and oxygen atoms in total. The van der Waals surface area contributed by atoms with Gasteiger partial charge >= 0.3 is 6.18 Å². The predicted octanol–water partition coefficient (Wildman–Crippen LogP) is 4.80. The van der Waals surface area contributed by atoms with Gasteiger partial charge in [0.05, 0.1) is 5.69 Å². The zero-order chi connectivity index (χ0) is 21.3. The van der Waals surface area contributed by atoms with E-state index < -0.39 is 29.3 Å². The SMILES string of the molecule is O=C(Nc1nc(-c2ccccn2)cs1)c1cc(C(F)(F)F)nn1-c1ccccc1F. The fraction of sp³-hybridized carbons (Fsp3) is 0.0526. The molecule has 0 aliphatic heterocycles. The van der Waals surface area contributed by atoms with Crippen LogP contribution in [-0.2, 0) is 6.18 Å². The van der Waals surface area contributed by atoms with Crippen molar-refractivity contribution in [3.8, 4) is 17.1 Å². The van der Waals surface area contributed by atoms with E-state index in [0.717, 1.165) is 17.4 Å². The first-order valence-electron chi connectivity index (χ1n) is 8.43. The van der Waals surface area contributed by atoms with Crippen LogP contribution in [0, 0.1) is 5.82 Å². The highest BCUT2D eigenvalue weighted by molar-refractivity contribution is 7.14. The average molecular weight is 433 g/mol. The molecule has 1 N–H and O–H groups in total. The second-order valence-corrected chi connectivity index (χ2v) is 6.84. The van der Waals surface area contributed by atoms with E-state index in [1.807, 2.05) is 0 Å². The molecule has 0 unspecified atom stereocenters. The summed E-state index contributed by atoms with van der Waals surface area (Å²) in [5.74, 6) is -1.74. The molecule has 11 heteroatoms. The third-order valence-electron chi connectivity index (χ3n) is 3.97. The molecule has 0 atom stereocenters. The minimum atomic E-state index is -4.81. The van der Waals surface area contributed by atoms with E-state index in [0.29, 0.717) is 22.1 Å². The van der Waals surface area contributed by atoms with Gasteiger partial charge in [-0.3, -0.25) is 15.1 Å². The van der Waals surface area contributed by atoms with Gasteiger partial charge in [0.25, 0.3) is 5.91 Å². The van der Waals surface area contributed by atoms with E-state index in [4.69, 9.17) is 0 Å². The summed E-state index contributed by atoms with van der Waals surface area (Å²) in [6.07, 6.45) is -3.22. The van der Waals surface area contributed by atoms with Gasteiger partial charge in [-0.15, -0.1) is 11.3 Å². The summed E-state index contributed by atoms with van der Waals surface area (Å²) in [6, 6.07) is 10.9. The summed E-state index contributed by atoms with van der Waals surface area (Å²) >= 11 is 1.08. The standard InChI is InChI=1S/C19H11F4N5OS/c20-11-5-1-2-7-14(11)28-15(9-16(27-28)19(21,22)23)17(29)26-18-25-13(10-30-18)12-6-3-4-8-24-12/h1-10H,(H,25,26,29). The number of aromatic nitrogens is 4. The highest BCUT2D eigenvalue weighted by Gasteiger charge is 2.36. The van der Waals surface area contributed by atoms with Crippen LogP contribution in [0.3, 0.4) is 0 Å². The maximum absolute atomic E-state index is 14.2. The van der Waals surface area contributed by atoms with Gasteiger partial charge in [0.1, 0.15) is 22.9 Å². The topological polar surface area (TPSA) is 72.7 Å². The zero-order valence-electron chi connectivity index (χ0n) is 14.9. The van der Waals surface area contributed by atoms with Crippen LogP contribution in [0.1, 0.15) is 16.2 Å². The third-order valence-corrected chi connectivity index (χ3v) is 4.72. The molecule has 0 fully saturated rings. The third kappa shape index (κ3) is 3.92. The molecule has 4 aromatic rings. The molecule has 0 radical (unpaired) electrons. The van der Waals surface area contributed by atoms with E-state index in [-0.39, 0.29) is 10.8 Å². The van der Waals surface area contributed by atoms with Gasteiger partial charge in [-0.1, -0.05) is 18.2 Å². The molecule has 0 aliphatic rings. The average Bonchev–Trinajstić information content (AvgIpc) is 3.36. The lowest BCUT2D eigenvalue weighted by molar-refractivity contribution is -0.141. The molecule has 1 amide bonds. The Morgan fingerprint density at radius 3 is 2.53 bits per heavy atom. The van der Waals surface area contributed by atoms with Crippen LogP contribution in [0.4, 0.5) is 22.7 Å². The molecule has 0 aliphatic carbocycles. The smallest absolute Gasteiger partial charge is 0.296 e. The number of nitrogens with zero attached hydrogens (tertiary/aromatic N) is 4. The molecular weight excluding hydrogens is 422 g/mol. The first-order valence-corrected chi connectivity index (χ1v) is 9.31.